The van der Waals surface area contributed by atoms with Crippen LogP contribution in [0.5, 0.6) is 0 Å². The number of hydrogen-bond donors (Lipinski definition) is 0. The van der Waals surface area contributed by atoms with E-state index in [1.807, 2.05) is 6.92 Å². The van der Waals surface area contributed by atoms with Gasteiger partial charge in [0.2, 0.25) is 6.79 Å². The molecular formula is C17H25NO6S. The lowest BCUT2D eigenvalue weighted by molar-refractivity contribution is -0.171. The second kappa shape index (κ2) is 10.9. The Balaban J connectivity index is 2.18. The number of thioether (sulfide) groups is 1. The number of amides is 2. The van der Waals surface area contributed by atoms with Gasteiger partial charge in [-0.1, -0.05) is 20.8 Å². The molecule has 1 heterocycles. The molecule has 0 spiro atoms. The Hall–Kier alpha value is -1.83. The summed E-state index contributed by atoms with van der Waals surface area (Å²) in [5.74, 6) is -0.583. The molecule has 0 N–H and O–H groups in total. The monoisotopic (exact) mass is 371 g/mol. The summed E-state index contributed by atoms with van der Waals surface area (Å²) in [6, 6.07) is 0. The van der Waals surface area contributed by atoms with Gasteiger partial charge >= 0.3 is 11.9 Å². The fourth-order valence-electron chi connectivity index (χ4n) is 2.12. The number of rotatable bonds is 11. The van der Waals surface area contributed by atoms with Crippen molar-refractivity contribution in [3.8, 4) is 0 Å². The number of esters is 2. The smallest absolute Gasteiger partial charge is 0.312 e. The van der Waals surface area contributed by atoms with Crippen molar-refractivity contribution in [1.29, 1.82) is 0 Å². The first-order valence-corrected chi connectivity index (χ1v) is 9.46. The van der Waals surface area contributed by atoms with Gasteiger partial charge in [0.05, 0.1) is 11.8 Å². The van der Waals surface area contributed by atoms with Gasteiger partial charge in [-0.15, -0.1) is 0 Å². The van der Waals surface area contributed by atoms with Crippen LogP contribution >= 0.6 is 11.8 Å². The van der Waals surface area contributed by atoms with E-state index in [1.165, 1.54) is 12.2 Å². The molecule has 0 aromatic heterocycles. The van der Waals surface area contributed by atoms with Crippen molar-refractivity contribution in [1.82, 2.24) is 4.90 Å². The Morgan fingerprint density at radius 2 is 1.64 bits per heavy atom. The van der Waals surface area contributed by atoms with Crippen molar-refractivity contribution in [2.75, 3.05) is 24.8 Å². The second-order valence-electron chi connectivity index (χ2n) is 5.81. The highest BCUT2D eigenvalue weighted by Crippen LogP contribution is 2.12. The predicted octanol–water partition coefficient (Wildman–Crippen LogP) is 1.76. The first-order valence-electron chi connectivity index (χ1n) is 8.31. The van der Waals surface area contributed by atoms with Crippen LogP contribution in [0.4, 0.5) is 0 Å². The molecule has 0 fully saturated rings. The zero-order valence-corrected chi connectivity index (χ0v) is 15.7. The molecular weight excluding hydrogens is 346 g/mol. The maximum absolute atomic E-state index is 11.8. The van der Waals surface area contributed by atoms with Crippen molar-refractivity contribution < 1.29 is 28.7 Å². The van der Waals surface area contributed by atoms with Crippen molar-refractivity contribution in [3.63, 3.8) is 0 Å². The summed E-state index contributed by atoms with van der Waals surface area (Å²) in [5, 5.41) is 0. The van der Waals surface area contributed by atoms with Crippen LogP contribution < -0.4 is 0 Å². The van der Waals surface area contributed by atoms with E-state index in [2.05, 4.69) is 0 Å². The molecule has 1 aliphatic rings. The molecule has 2 amide bonds. The Morgan fingerprint density at radius 3 is 2.20 bits per heavy atom. The van der Waals surface area contributed by atoms with Crippen molar-refractivity contribution in [2.24, 2.45) is 11.8 Å². The summed E-state index contributed by atoms with van der Waals surface area (Å²) < 4.78 is 9.88. The molecule has 7 nitrogen and oxygen atoms in total. The number of ether oxygens (including phenoxy) is 2. The van der Waals surface area contributed by atoms with E-state index in [4.69, 9.17) is 9.47 Å². The first-order chi connectivity index (χ1) is 11.9. The molecule has 0 aromatic rings. The normalized spacial score (nSPS) is 16.0. The molecule has 2 atom stereocenters. The van der Waals surface area contributed by atoms with Crippen LogP contribution in [0.1, 0.15) is 33.6 Å². The van der Waals surface area contributed by atoms with E-state index in [1.54, 1.807) is 25.6 Å². The zero-order valence-electron chi connectivity index (χ0n) is 14.9. The van der Waals surface area contributed by atoms with Crippen LogP contribution in [0.15, 0.2) is 12.2 Å². The summed E-state index contributed by atoms with van der Waals surface area (Å²) in [5.41, 5.74) is 0. The van der Waals surface area contributed by atoms with Gasteiger partial charge in [0.1, 0.15) is 0 Å². The minimum Gasteiger partial charge on any atom is -0.428 e. The van der Waals surface area contributed by atoms with Gasteiger partial charge < -0.3 is 9.47 Å². The third-order valence-electron chi connectivity index (χ3n) is 3.70. The molecule has 25 heavy (non-hydrogen) atoms. The zero-order chi connectivity index (χ0) is 18.8. The Bertz CT molecular complexity index is 515. The highest BCUT2D eigenvalue weighted by molar-refractivity contribution is 7.99. The van der Waals surface area contributed by atoms with E-state index < -0.39 is 18.7 Å². The Labute approximate surface area is 152 Å². The van der Waals surface area contributed by atoms with Crippen molar-refractivity contribution in [2.45, 2.75) is 33.6 Å². The maximum Gasteiger partial charge on any atom is 0.312 e. The molecule has 8 heteroatoms. The van der Waals surface area contributed by atoms with Gasteiger partial charge in [-0.05, 0) is 18.6 Å². The van der Waals surface area contributed by atoms with E-state index in [0.29, 0.717) is 18.6 Å². The summed E-state index contributed by atoms with van der Waals surface area (Å²) in [4.78, 5) is 47.5. The highest BCUT2D eigenvalue weighted by atomic mass is 32.2. The van der Waals surface area contributed by atoms with E-state index >= 15 is 0 Å². The lowest BCUT2D eigenvalue weighted by Gasteiger charge is -2.16. The van der Waals surface area contributed by atoms with Gasteiger partial charge in [-0.25, -0.2) is 0 Å². The van der Waals surface area contributed by atoms with Crippen LogP contribution in [-0.4, -0.2) is 53.5 Å². The molecule has 0 saturated carbocycles. The number of hydrogen-bond acceptors (Lipinski definition) is 7. The number of nitrogens with zero attached hydrogens (tertiary/aromatic N) is 1. The maximum atomic E-state index is 11.8. The van der Waals surface area contributed by atoms with E-state index in [9.17, 15) is 19.2 Å². The highest BCUT2D eigenvalue weighted by Gasteiger charge is 2.23. The van der Waals surface area contributed by atoms with E-state index in [-0.39, 0.29) is 30.2 Å². The lowest BCUT2D eigenvalue weighted by atomic mass is 10.1. The van der Waals surface area contributed by atoms with Gasteiger partial charge in [0.15, 0.2) is 0 Å². The molecule has 0 aliphatic carbocycles. The van der Waals surface area contributed by atoms with Crippen LogP contribution in [0, 0.1) is 11.8 Å². The largest absolute Gasteiger partial charge is 0.428 e. The molecule has 1 aliphatic heterocycles. The number of carbonyl (C=O) groups is 4. The average Bonchev–Trinajstić information content (AvgIpc) is 2.90. The average molecular weight is 371 g/mol. The Kier molecular flexibility index (Phi) is 9.26. The second-order valence-corrected chi connectivity index (χ2v) is 7.13. The SMILES string of the molecule is CCSCC(C)C(=O)OCOC(=O)C(C)CCCN1C(=O)C=CC1=O. The fraction of sp³-hybridized carbons (Fsp3) is 0.647. The summed E-state index contributed by atoms with van der Waals surface area (Å²) >= 11 is 1.64. The minimum atomic E-state index is -0.472. The standard InChI is InChI=1S/C17H25NO6S/c1-4-25-10-13(3)17(22)24-11-23-16(21)12(2)6-5-9-18-14(19)7-8-15(18)20/h7-8,12-13H,4-6,9-11H2,1-3H3. The minimum absolute atomic E-state index is 0.245. The van der Waals surface area contributed by atoms with E-state index in [0.717, 1.165) is 10.7 Å². The molecule has 1 rings (SSSR count). The quantitative estimate of drug-likeness (QED) is 0.310. The fourth-order valence-corrected chi connectivity index (χ4v) is 2.84. The van der Waals surface area contributed by atoms with Crippen LogP contribution in [0.2, 0.25) is 0 Å². The van der Waals surface area contributed by atoms with Gasteiger partial charge in [0.25, 0.3) is 11.8 Å². The predicted molar refractivity (Wildman–Crippen MR) is 93.5 cm³/mol. The molecule has 0 bridgehead atoms. The number of imide groups is 1. The summed E-state index contributed by atoms with van der Waals surface area (Å²) in [6.07, 6.45) is 3.43. The third kappa shape index (κ3) is 7.29. The molecule has 0 aromatic carbocycles. The topological polar surface area (TPSA) is 90.0 Å². The van der Waals surface area contributed by atoms with Gasteiger partial charge in [0, 0.05) is 24.4 Å². The van der Waals surface area contributed by atoms with Crippen LogP contribution in [-0.2, 0) is 28.7 Å². The third-order valence-corrected chi connectivity index (χ3v) is 4.84. The molecule has 140 valence electrons. The number of carbonyl (C=O) groups excluding carboxylic acids is 4. The van der Waals surface area contributed by atoms with Crippen LogP contribution in [0.25, 0.3) is 0 Å². The first kappa shape index (κ1) is 21.2. The van der Waals surface area contributed by atoms with Crippen molar-refractivity contribution in [3.05, 3.63) is 12.2 Å². The summed E-state index contributed by atoms with van der Waals surface area (Å²) in [6.45, 7) is 5.35. The molecule has 0 saturated heterocycles. The Morgan fingerprint density at radius 1 is 1.08 bits per heavy atom. The van der Waals surface area contributed by atoms with Gasteiger partial charge in [-0.3, -0.25) is 24.1 Å². The summed E-state index contributed by atoms with van der Waals surface area (Å²) in [7, 11) is 0. The lowest BCUT2D eigenvalue weighted by Crippen LogP contribution is -2.31. The van der Waals surface area contributed by atoms with Gasteiger partial charge in [-0.2, -0.15) is 11.8 Å². The molecule has 0 radical (unpaired) electrons. The van der Waals surface area contributed by atoms with Crippen LogP contribution in [0.3, 0.4) is 0 Å². The van der Waals surface area contributed by atoms with Crippen molar-refractivity contribution >= 4 is 35.5 Å². The molecule has 2 unspecified atom stereocenters.